The Balaban J connectivity index is 1.76. The molecule has 0 fully saturated rings. The molecule has 0 spiro atoms. The molecule has 0 aliphatic rings. The third kappa shape index (κ3) is 6.16. The van der Waals surface area contributed by atoms with Crippen molar-refractivity contribution in [2.45, 2.75) is 24.4 Å². The predicted molar refractivity (Wildman–Crippen MR) is 125 cm³/mol. The second kappa shape index (κ2) is 10.9. The molecule has 1 heterocycles. The highest BCUT2D eigenvalue weighted by molar-refractivity contribution is 7.89. The Labute approximate surface area is 196 Å². The first-order valence-electron chi connectivity index (χ1n) is 10.3. The number of sulfonamides is 1. The molecule has 10 nitrogen and oxygen atoms in total. The average molecular weight is 485 g/mol. The van der Waals surface area contributed by atoms with Crippen molar-refractivity contribution in [3.8, 4) is 17.0 Å². The van der Waals surface area contributed by atoms with Crippen LogP contribution in [-0.2, 0) is 19.6 Å². The lowest BCUT2D eigenvalue weighted by atomic mass is 10.0. The molecule has 1 unspecified atom stereocenters. The van der Waals surface area contributed by atoms with Crippen molar-refractivity contribution in [1.29, 1.82) is 0 Å². The third-order valence-corrected chi connectivity index (χ3v) is 6.03. The van der Waals surface area contributed by atoms with Gasteiger partial charge in [-0.3, -0.25) is 4.79 Å². The summed E-state index contributed by atoms with van der Waals surface area (Å²) in [5.41, 5.74) is 12.2. The summed E-state index contributed by atoms with van der Waals surface area (Å²) in [5.74, 6) is -1.39. The number of nitrogens with one attached hydrogen (secondary N) is 1. The molecule has 0 amide bonds. The second-order valence-corrected chi connectivity index (χ2v) is 8.78. The fraction of sp³-hybridized carbons (Fsp3) is 0.174. The topological polar surface area (TPSA) is 164 Å². The van der Waals surface area contributed by atoms with Crippen LogP contribution in [0.4, 0.5) is 5.82 Å². The first-order chi connectivity index (χ1) is 16.2. The molecule has 0 bridgehead atoms. The number of esters is 2. The number of nitrogen functional groups attached to an aromatic ring is 1. The highest BCUT2D eigenvalue weighted by atomic mass is 32.2. The fourth-order valence-corrected chi connectivity index (χ4v) is 4.25. The smallest absolute Gasteiger partial charge is 0.346 e. The number of aromatic nitrogens is 1. The molecular formula is C23H24N4O6S. The highest BCUT2D eigenvalue weighted by Gasteiger charge is 2.25. The lowest BCUT2D eigenvalue weighted by Crippen LogP contribution is -2.43. The van der Waals surface area contributed by atoms with Crippen LogP contribution in [0.1, 0.15) is 23.7 Å². The van der Waals surface area contributed by atoms with Gasteiger partial charge in [0.25, 0.3) is 0 Å². The summed E-state index contributed by atoms with van der Waals surface area (Å²) in [6, 6.07) is 17.1. The maximum Gasteiger partial charge on any atom is 0.346 e. The monoisotopic (exact) mass is 484 g/mol. The van der Waals surface area contributed by atoms with Gasteiger partial charge in [-0.1, -0.05) is 30.3 Å². The van der Waals surface area contributed by atoms with E-state index in [0.717, 1.165) is 0 Å². The number of nitrogens with two attached hydrogens (primary N) is 2. The summed E-state index contributed by atoms with van der Waals surface area (Å²) in [4.78, 5) is 29.4. The van der Waals surface area contributed by atoms with Gasteiger partial charge >= 0.3 is 11.9 Å². The van der Waals surface area contributed by atoms with E-state index in [9.17, 15) is 18.0 Å². The number of hydrogen-bond donors (Lipinski definition) is 3. The zero-order valence-electron chi connectivity index (χ0n) is 18.3. The molecule has 0 aliphatic carbocycles. The van der Waals surface area contributed by atoms with Crippen LogP contribution in [0.5, 0.6) is 5.75 Å². The number of benzene rings is 2. The van der Waals surface area contributed by atoms with Crippen LogP contribution in [0, 0.1) is 0 Å². The fourth-order valence-electron chi connectivity index (χ4n) is 3.12. The number of carbonyl (C=O) groups is 2. The van der Waals surface area contributed by atoms with Crippen LogP contribution < -0.4 is 20.9 Å². The molecule has 0 aliphatic heterocycles. The van der Waals surface area contributed by atoms with Crippen molar-refractivity contribution < 1.29 is 27.5 Å². The first-order valence-corrected chi connectivity index (χ1v) is 11.8. The second-order valence-electron chi connectivity index (χ2n) is 7.07. The van der Waals surface area contributed by atoms with Crippen LogP contribution in [-0.4, -0.2) is 38.1 Å². The Bertz CT molecular complexity index is 1280. The molecule has 2 aromatic carbocycles. The summed E-state index contributed by atoms with van der Waals surface area (Å²) in [5, 5.41) is 0. The van der Waals surface area contributed by atoms with Crippen LogP contribution >= 0.6 is 0 Å². The molecule has 3 rings (SSSR count). The molecule has 1 atom stereocenters. The zero-order chi connectivity index (χ0) is 24.7. The van der Waals surface area contributed by atoms with E-state index in [2.05, 4.69) is 9.71 Å². The number of hydrogen-bond acceptors (Lipinski definition) is 9. The Morgan fingerprint density at radius 1 is 1.03 bits per heavy atom. The summed E-state index contributed by atoms with van der Waals surface area (Å²) in [6.45, 7) is 2.10. The number of rotatable bonds is 9. The van der Waals surface area contributed by atoms with Gasteiger partial charge in [0, 0.05) is 0 Å². The van der Waals surface area contributed by atoms with Crippen LogP contribution in [0.15, 0.2) is 71.6 Å². The van der Waals surface area contributed by atoms with Crippen molar-refractivity contribution in [3.05, 3.63) is 72.3 Å². The van der Waals surface area contributed by atoms with Gasteiger partial charge in [-0.05, 0) is 43.3 Å². The summed E-state index contributed by atoms with van der Waals surface area (Å²) >= 11 is 0. The average Bonchev–Trinajstić information content (AvgIpc) is 2.79. The minimum atomic E-state index is -3.95. The van der Waals surface area contributed by atoms with E-state index >= 15 is 0 Å². The normalized spacial score (nSPS) is 12.1. The molecular weight excluding hydrogens is 460 g/mol. The summed E-state index contributed by atoms with van der Waals surface area (Å²) in [6.07, 6.45) is -1.88. The summed E-state index contributed by atoms with van der Waals surface area (Å²) < 4.78 is 37.5. The number of nitrogens with zero attached hydrogens (tertiary/aromatic N) is 1. The van der Waals surface area contributed by atoms with E-state index < -0.39 is 34.5 Å². The van der Waals surface area contributed by atoms with Gasteiger partial charge < -0.3 is 20.9 Å². The number of anilines is 1. The van der Waals surface area contributed by atoms with Gasteiger partial charge in [-0.25, -0.2) is 18.2 Å². The van der Waals surface area contributed by atoms with Crippen molar-refractivity contribution in [1.82, 2.24) is 9.71 Å². The lowest BCUT2D eigenvalue weighted by Gasteiger charge is -2.15. The van der Waals surface area contributed by atoms with E-state index in [1.165, 1.54) is 18.2 Å². The van der Waals surface area contributed by atoms with Gasteiger partial charge in [0.1, 0.15) is 11.6 Å². The van der Waals surface area contributed by atoms with E-state index in [-0.39, 0.29) is 16.3 Å². The highest BCUT2D eigenvalue weighted by Crippen LogP contribution is 2.33. The van der Waals surface area contributed by atoms with Gasteiger partial charge in [-0.15, -0.1) is 0 Å². The summed E-state index contributed by atoms with van der Waals surface area (Å²) in [7, 11) is -3.95. The Morgan fingerprint density at radius 2 is 1.74 bits per heavy atom. The van der Waals surface area contributed by atoms with E-state index in [1.807, 2.05) is 0 Å². The van der Waals surface area contributed by atoms with E-state index in [4.69, 9.17) is 20.9 Å². The van der Waals surface area contributed by atoms with Crippen LogP contribution in [0.25, 0.3) is 11.3 Å². The predicted octanol–water partition coefficient (Wildman–Crippen LogP) is 2.07. The Hall–Kier alpha value is -3.80. The van der Waals surface area contributed by atoms with Crippen molar-refractivity contribution >= 4 is 27.8 Å². The SMILES string of the molecule is CCOc1cccc(C(=O)OC(=O)CC(N)NS(=O)(=O)c2ccccc2)c1-c1cccc(N)n1. The van der Waals surface area contributed by atoms with Gasteiger partial charge in [0.15, 0.2) is 0 Å². The minimum Gasteiger partial charge on any atom is -0.493 e. The molecule has 5 N–H and O–H groups in total. The van der Waals surface area contributed by atoms with Gasteiger partial charge in [-0.2, -0.15) is 4.72 Å². The maximum atomic E-state index is 12.8. The standard InChI is InChI=1S/C23H24N4O6S/c1-2-32-18-12-6-10-16(22(18)17-11-7-13-19(24)26-17)23(29)33-21(28)14-20(25)27-34(30,31)15-8-4-3-5-9-15/h3-13,20,27H,2,14,25H2,1H3,(H2,24,26). The number of pyridine rings is 1. The van der Waals surface area contributed by atoms with Crippen LogP contribution in [0.3, 0.4) is 0 Å². The molecule has 178 valence electrons. The van der Waals surface area contributed by atoms with E-state index in [1.54, 1.807) is 55.5 Å². The molecule has 0 radical (unpaired) electrons. The van der Waals surface area contributed by atoms with Crippen molar-refractivity contribution in [2.24, 2.45) is 5.73 Å². The molecule has 0 saturated carbocycles. The minimum absolute atomic E-state index is 0.0121. The Morgan fingerprint density at radius 3 is 2.41 bits per heavy atom. The molecule has 0 saturated heterocycles. The van der Waals surface area contributed by atoms with E-state index in [0.29, 0.717) is 23.6 Å². The molecule has 11 heteroatoms. The Kier molecular flexibility index (Phi) is 7.95. The van der Waals surface area contributed by atoms with Crippen molar-refractivity contribution in [3.63, 3.8) is 0 Å². The van der Waals surface area contributed by atoms with Crippen molar-refractivity contribution in [2.75, 3.05) is 12.3 Å². The molecule has 1 aromatic heterocycles. The van der Waals surface area contributed by atoms with Gasteiger partial charge in [0.2, 0.25) is 10.0 Å². The largest absolute Gasteiger partial charge is 0.493 e. The molecule has 34 heavy (non-hydrogen) atoms. The van der Waals surface area contributed by atoms with Crippen LogP contribution in [0.2, 0.25) is 0 Å². The maximum absolute atomic E-state index is 12.8. The third-order valence-electron chi connectivity index (χ3n) is 4.53. The molecule has 3 aromatic rings. The number of carbonyl (C=O) groups excluding carboxylic acids is 2. The lowest BCUT2D eigenvalue weighted by molar-refractivity contribution is -0.138. The zero-order valence-corrected chi connectivity index (χ0v) is 19.1. The first kappa shape index (κ1) is 24.8. The number of ether oxygens (including phenoxy) is 2. The van der Waals surface area contributed by atoms with Gasteiger partial charge in [0.05, 0.1) is 40.9 Å². The quantitative estimate of drug-likeness (QED) is 0.234.